The minimum Gasteiger partial charge on any atom is -0.309 e. The maximum atomic E-state index is 9.66. The molecule has 8 aromatic rings. The molecule has 0 radical (unpaired) electrons. The van der Waals surface area contributed by atoms with Crippen LogP contribution < -0.4 is 0 Å². The molecular weight excluding hydrogens is 621 g/mol. The van der Waals surface area contributed by atoms with Gasteiger partial charge in [0.2, 0.25) is 0 Å². The average molecular weight is 643 g/mol. The number of fused-ring (bicyclic) bond motifs is 9. The maximum absolute atomic E-state index is 9.66. The summed E-state index contributed by atoms with van der Waals surface area (Å²) in [5.41, 5.74) is 13.0. The van der Waals surface area contributed by atoms with Crippen LogP contribution in [0.15, 0.2) is 109 Å². The first-order valence-electron chi connectivity index (χ1n) is 15.7. The van der Waals surface area contributed by atoms with Crippen molar-refractivity contribution in [2.24, 2.45) is 0 Å². The van der Waals surface area contributed by atoms with Crippen LogP contribution in [0.1, 0.15) is 33.4 Å². The largest absolute Gasteiger partial charge is 0.309 e. The standard InChI is InChI=1S/C42H22N6S/c43-19-25-1-9-39-35(13-25)36-14-26(20-44)2-10-40(36)47(39)31-7-5-29-23-49-24-30-6-8-32(18-34(30)33(29)17-31)48-41-11-3-27(21-45)15-37(41)38-16-28(22-46)4-12-42(38)48/h1-18H,23-24H2. The van der Waals surface area contributed by atoms with E-state index in [0.717, 1.165) is 77.6 Å². The number of rotatable bonds is 2. The quantitative estimate of drug-likeness (QED) is 0.187. The summed E-state index contributed by atoms with van der Waals surface area (Å²) in [7, 11) is 0. The lowest BCUT2D eigenvalue weighted by molar-refractivity contribution is 1.17. The zero-order valence-electron chi connectivity index (χ0n) is 25.9. The number of benzene rings is 6. The Balaban J connectivity index is 1.28. The third-order valence-electron chi connectivity index (χ3n) is 9.56. The molecule has 0 unspecified atom stereocenters. The Morgan fingerprint density at radius 1 is 0.408 bits per heavy atom. The van der Waals surface area contributed by atoms with Gasteiger partial charge in [-0.2, -0.15) is 32.8 Å². The van der Waals surface area contributed by atoms with Gasteiger partial charge in [-0.05, 0) is 119 Å². The molecule has 0 N–H and O–H groups in total. The molecule has 1 aliphatic rings. The smallest absolute Gasteiger partial charge is 0.0991 e. The first-order valence-corrected chi connectivity index (χ1v) is 16.9. The fourth-order valence-electron chi connectivity index (χ4n) is 7.31. The highest BCUT2D eigenvalue weighted by molar-refractivity contribution is 7.97. The van der Waals surface area contributed by atoms with Gasteiger partial charge in [0.25, 0.3) is 0 Å². The summed E-state index contributed by atoms with van der Waals surface area (Å²) in [6.45, 7) is 0. The van der Waals surface area contributed by atoms with Crippen molar-refractivity contribution in [3.8, 4) is 46.8 Å². The number of hydrogen-bond acceptors (Lipinski definition) is 5. The third kappa shape index (κ3) is 4.32. The molecule has 6 aromatic carbocycles. The van der Waals surface area contributed by atoms with E-state index in [1.54, 1.807) is 0 Å². The molecular formula is C42H22N6S. The lowest BCUT2D eigenvalue weighted by atomic mass is 9.95. The van der Waals surface area contributed by atoms with Gasteiger partial charge in [0.15, 0.2) is 0 Å². The lowest BCUT2D eigenvalue weighted by Crippen LogP contribution is -1.99. The molecule has 0 aliphatic carbocycles. The molecule has 0 saturated heterocycles. The van der Waals surface area contributed by atoms with Crippen LogP contribution in [0, 0.1) is 45.3 Å². The molecule has 1 aliphatic heterocycles. The summed E-state index contributed by atoms with van der Waals surface area (Å²) >= 11 is 1.90. The highest BCUT2D eigenvalue weighted by Crippen LogP contribution is 2.42. The Labute approximate surface area is 285 Å². The molecule has 0 bridgehead atoms. The van der Waals surface area contributed by atoms with Crippen molar-refractivity contribution < 1.29 is 0 Å². The molecule has 49 heavy (non-hydrogen) atoms. The maximum Gasteiger partial charge on any atom is 0.0991 e. The predicted octanol–water partition coefficient (Wildman–Crippen LogP) is 9.78. The summed E-state index contributed by atoms with van der Waals surface area (Å²) in [4.78, 5) is 0. The van der Waals surface area contributed by atoms with Gasteiger partial charge in [-0.1, -0.05) is 12.1 Å². The molecule has 0 fully saturated rings. The van der Waals surface area contributed by atoms with Crippen LogP contribution in [0.25, 0.3) is 66.1 Å². The second-order valence-corrected chi connectivity index (χ2v) is 13.2. The molecule has 3 heterocycles. The topological polar surface area (TPSA) is 105 Å². The van der Waals surface area contributed by atoms with Gasteiger partial charge in [-0.3, -0.25) is 0 Å². The van der Waals surface area contributed by atoms with Crippen molar-refractivity contribution in [1.29, 1.82) is 21.0 Å². The SMILES string of the molecule is N#Cc1ccc2c(c1)c1cc(C#N)ccc1n2-c1ccc2c(c1)-c1cc(-n3c4ccc(C#N)cc4c4cc(C#N)ccc43)ccc1CSC2. The molecule has 0 atom stereocenters. The first kappa shape index (κ1) is 28.5. The van der Waals surface area contributed by atoms with E-state index in [1.165, 1.54) is 11.1 Å². The van der Waals surface area contributed by atoms with E-state index < -0.39 is 0 Å². The first-order chi connectivity index (χ1) is 24.1. The molecule has 226 valence electrons. The van der Waals surface area contributed by atoms with Gasteiger partial charge in [0.1, 0.15) is 0 Å². The van der Waals surface area contributed by atoms with E-state index in [1.807, 2.05) is 84.6 Å². The van der Waals surface area contributed by atoms with Crippen molar-refractivity contribution in [1.82, 2.24) is 9.13 Å². The number of nitriles is 4. The minimum atomic E-state index is 0.576. The number of aromatic nitrogens is 2. The molecule has 2 aromatic heterocycles. The van der Waals surface area contributed by atoms with Gasteiger partial charge >= 0.3 is 0 Å². The number of thioether (sulfide) groups is 1. The van der Waals surface area contributed by atoms with Gasteiger partial charge in [-0.15, -0.1) is 0 Å². The Morgan fingerprint density at radius 3 is 1.04 bits per heavy atom. The van der Waals surface area contributed by atoms with E-state index in [-0.39, 0.29) is 0 Å². The van der Waals surface area contributed by atoms with Crippen molar-refractivity contribution in [3.05, 3.63) is 143 Å². The summed E-state index contributed by atoms with van der Waals surface area (Å²) in [6.07, 6.45) is 0. The Bertz CT molecular complexity index is 2570. The third-order valence-corrected chi connectivity index (χ3v) is 10.6. The van der Waals surface area contributed by atoms with E-state index in [9.17, 15) is 21.0 Å². The number of hydrogen-bond donors (Lipinski definition) is 0. The van der Waals surface area contributed by atoms with Crippen LogP contribution in [-0.2, 0) is 11.5 Å². The second-order valence-electron chi connectivity index (χ2n) is 12.2. The van der Waals surface area contributed by atoms with E-state index in [2.05, 4.69) is 69.8 Å². The fraction of sp³-hybridized carbons (Fsp3) is 0.0476. The van der Waals surface area contributed by atoms with Crippen molar-refractivity contribution in [3.63, 3.8) is 0 Å². The Hall–Kier alpha value is -6.77. The van der Waals surface area contributed by atoms with Gasteiger partial charge in [0, 0.05) is 44.4 Å². The van der Waals surface area contributed by atoms with Gasteiger partial charge in [0.05, 0.1) is 68.6 Å². The predicted molar refractivity (Wildman–Crippen MR) is 194 cm³/mol. The fourth-order valence-corrected chi connectivity index (χ4v) is 8.36. The average Bonchev–Trinajstić information content (AvgIpc) is 3.58. The molecule has 7 heteroatoms. The van der Waals surface area contributed by atoms with Crippen molar-refractivity contribution >= 4 is 55.4 Å². The van der Waals surface area contributed by atoms with Crippen molar-refractivity contribution in [2.45, 2.75) is 11.5 Å². The Morgan fingerprint density at radius 2 is 0.735 bits per heavy atom. The molecule has 6 nitrogen and oxygen atoms in total. The summed E-state index contributed by atoms with van der Waals surface area (Å²) in [5, 5.41) is 42.4. The molecule has 9 rings (SSSR count). The minimum absolute atomic E-state index is 0.576. The highest BCUT2D eigenvalue weighted by Gasteiger charge is 2.21. The van der Waals surface area contributed by atoms with E-state index in [0.29, 0.717) is 22.3 Å². The lowest BCUT2D eigenvalue weighted by Gasteiger charge is -2.16. The monoisotopic (exact) mass is 642 g/mol. The highest BCUT2D eigenvalue weighted by atomic mass is 32.2. The molecule has 0 amide bonds. The zero-order valence-corrected chi connectivity index (χ0v) is 26.7. The molecule has 0 saturated carbocycles. The van der Waals surface area contributed by atoms with Crippen LogP contribution in [0.4, 0.5) is 0 Å². The number of nitrogens with zero attached hydrogens (tertiary/aromatic N) is 6. The Kier molecular flexibility index (Phi) is 6.33. The van der Waals surface area contributed by atoms with Gasteiger partial charge in [-0.25, -0.2) is 0 Å². The summed E-state index contributed by atoms with van der Waals surface area (Å²) in [5.74, 6) is 1.76. The molecule has 0 spiro atoms. The van der Waals surface area contributed by atoms with Crippen LogP contribution >= 0.6 is 11.8 Å². The van der Waals surface area contributed by atoms with E-state index in [4.69, 9.17) is 0 Å². The summed E-state index contributed by atoms with van der Waals surface area (Å²) in [6, 6.07) is 45.3. The van der Waals surface area contributed by atoms with Crippen LogP contribution in [0.3, 0.4) is 0 Å². The van der Waals surface area contributed by atoms with Crippen LogP contribution in [0.2, 0.25) is 0 Å². The zero-order chi connectivity index (χ0) is 33.2. The van der Waals surface area contributed by atoms with Crippen LogP contribution in [0.5, 0.6) is 0 Å². The van der Waals surface area contributed by atoms with E-state index >= 15 is 0 Å². The van der Waals surface area contributed by atoms with Crippen molar-refractivity contribution in [2.75, 3.05) is 0 Å². The van der Waals surface area contributed by atoms with Gasteiger partial charge < -0.3 is 9.13 Å². The summed E-state index contributed by atoms with van der Waals surface area (Å²) < 4.78 is 4.45. The second kappa shape index (κ2) is 10.9. The normalized spacial score (nSPS) is 12.2. The van der Waals surface area contributed by atoms with Crippen LogP contribution in [-0.4, -0.2) is 9.13 Å².